The van der Waals surface area contributed by atoms with Crippen LogP contribution in [0.3, 0.4) is 0 Å². The van der Waals surface area contributed by atoms with Crippen LogP contribution >= 0.6 is 0 Å². The van der Waals surface area contributed by atoms with Gasteiger partial charge in [0, 0.05) is 19.1 Å². The molecule has 0 heterocycles. The van der Waals surface area contributed by atoms with E-state index in [1.807, 2.05) is 0 Å². The fraction of sp³-hybridized carbons (Fsp3) is 0.562. The van der Waals surface area contributed by atoms with Crippen LogP contribution in [0.2, 0.25) is 0 Å². The summed E-state index contributed by atoms with van der Waals surface area (Å²) in [6.07, 6.45) is 4.60. The Balaban J connectivity index is 1.79. The number of aliphatic hydroxyl groups is 1. The summed E-state index contributed by atoms with van der Waals surface area (Å²) in [5.74, 6) is -0.333. The zero-order chi connectivity index (χ0) is 15.1. The number of amides is 1. The second kappa shape index (κ2) is 8.10. The second-order valence-corrected chi connectivity index (χ2v) is 5.54. The first-order valence-electron chi connectivity index (χ1n) is 7.55. The quantitative estimate of drug-likeness (QED) is 0.804. The van der Waals surface area contributed by atoms with Gasteiger partial charge in [0.25, 0.3) is 0 Å². The first kappa shape index (κ1) is 15.9. The minimum atomic E-state index is -0.277. The van der Waals surface area contributed by atoms with E-state index in [1.165, 1.54) is 25.0 Å². The Morgan fingerprint density at radius 2 is 1.95 bits per heavy atom. The standard InChI is InChI=1S/C16H23FN2O2/c17-14-7-5-13(6-8-14)11-18-16(21)12-19(9-10-20)15-3-1-2-4-15/h5-8,15,20H,1-4,9-12H2,(H,18,21). The highest BCUT2D eigenvalue weighted by Gasteiger charge is 2.23. The van der Waals surface area contributed by atoms with Gasteiger partial charge in [-0.25, -0.2) is 4.39 Å². The molecule has 0 saturated heterocycles. The van der Waals surface area contributed by atoms with E-state index in [0.29, 0.717) is 25.7 Å². The van der Waals surface area contributed by atoms with Crippen molar-refractivity contribution >= 4 is 5.91 Å². The van der Waals surface area contributed by atoms with Crippen molar-refractivity contribution in [1.29, 1.82) is 0 Å². The van der Waals surface area contributed by atoms with Gasteiger partial charge < -0.3 is 10.4 Å². The summed E-state index contributed by atoms with van der Waals surface area (Å²) in [5, 5.41) is 12.0. The summed E-state index contributed by atoms with van der Waals surface area (Å²) >= 11 is 0. The Morgan fingerprint density at radius 3 is 2.57 bits per heavy atom. The predicted molar refractivity (Wildman–Crippen MR) is 79.2 cm³/mol. The summed E-state index contributed by atoms with van der Waals surface area (Å²) in [4.78, 5) is 14.1. The smallest absolute Gasteiger partial charge is 0.234 e. The lowest BCUT2D eigenvalue weighted by Gasteiger charge is -2.27. The molecule has 0 aliphatic heterocycles. The minimum Gasteiger partial charge on any atom is -0.395 e. The third-order valence-electron chi connectivity index (χ3n) is 3.98. The van der Waals surface area contributed by atoms with Gasteiger partial charge in [-0.1, -0.05) is 25.0 Å². The maximum absolute atomic E-state index is 12.8. The maximum Gasteiger partial charge on any atom is 0.234 e. The Labute approximate surface area is 125 Å². The number of benzene rings is 1. The van der Waals surface area contributed by atoms with Gasteiger partial charge >= 0.3 is 0 Å². The van der Waals surface area contributed by atoms with Crippen LogP contribution in [0.1, 0.15) is 31.2 Å². The molecule has 1 aromatic rings. The normalized spacial score (nSPS) is 15.6. The third-order valence-corrected chi connectivity index (χ3v) is 3.98. The molecule has 0 spiro atoms. The molecule has 5 heteroatoms. The monoisotopic (exact) mass is 294 g/mol. The fourth-order valence-corrected chi connectivity index (χ4v) is 2.83. The second-order valence-electron chi connectivity index (χ2n) is 5.54. The van der Waals surface area contributed by atoms with Gasteiger partial charge in [-0.3, -0.25) is 9.69 Å². The van der Waals surface area contributed by atoms with Gasteiger partial charge in [-0.15, -0.1) is 0 Å². The number of carbonyl (C=O) groups excluding carboxylic acids is 1. The third kappa shape index (κ3) is 5.10. The number of rotatable bonds is 7. The Kier molecular flexibility index (Phi) is 6.14. The Bertz CT molecular complexity index is 444. The summed E-state index contributed by atoms with van der Waals surface area (Å²) in [5.41, 5.74) is 0.874. The van der Waals surface area contributed by atoms with Crippen LogP contribution in [-0.2, 0) is 11.3 Å². The summed E-state index contributed by atoms with van der Waals surface area (Å²) in [6, 6.07) is 6.51. The SMILES string of the molecule is O=C(CN(CCO)C1CCCC1)NCc1ccc(F)cc1. The van der Waals surface area contributed by atoms with Crippen LogP contribution in [0, 0.1) is 5.82 Å². The van der Waals surface area contributed by atoms with Gasteiger partial charge in [-0.05, 0) is 30.5 Å². The van der Waals surface area contributed by atoms with Crippen molar-refractivity contribution in [3.63, 3.8) is 0 Å². The first-order chi connectivity index (χ1) is 10.2. The highest BCUT2D eigenvalue weighted by atomic mass is 19.1. The molecule has 1 aliphatic carbocycles. The van der Waals surface area contributed by atoms with Crippen molar-refractivity contribution < 1.29 is 14.3 Å². The highest BCUT2D eigenvalue weighted by Crippen LogP contribution is 2.22. The van der Waals surface area contributed by atoms with E-state index in [2.05, 4.69) is 10.2 Å². The molecule has 0 atom stereocenters. The van der Waals surface area contributed by atoms with Crippen molar-refractivity contribution in [3.05, 3.63) is 35.6 Å². The molecule has 2 N–H and O–H groups in total. The molecule has 1 aliphatic rings. The summed E-state index contributed by atoms with van der Waals surface area (Å²) < 4.78 is 12.8. The van der Waals surface area contributed by atoms with E-state index < -0.39 is 0 Å². The van der Waals surface area contributed by atoms with Gasteiger partial charge in [0.1, 0.15) is 5.82 Å². The average Bonchev–Trinajstić information content (AvgIpc) is 3.00. The van der Waals surface area contributed by atoms with Crippen molar-refractivity contribution in [2.24, 2.45) is 0 Å². The van der Waals surface area contributed by atoms with Crippen molar-refractivity contribution in [2.45, 2.75) is 38.3 Å². The van der Waals surface area contributed by atoms with E-state index in [9.17, 15) is 9.18 Å². The molecule has 1 amide bonds. The van der Waals surface area contributed by atoms with Crippen LogP contribution in [-0.4, -0.2) is 41.7 Å². The van der Waals surface area contributed by atoms with Gasteiger partial charge in [0.2, 0.25) is 5.91 Å². The zero-order valence-electron chi connectivity index (χ0n) is 12.2. The van der Waals surface area contributed by atoms with Crippen molar-refractivity contribution in [2.75, 3.05) is 19.7 Å². The van der Waals surface area contributed by atoms with E-state index in [4.69, 9.17) is 5.11 Å². The highest BCUT2D eigenvalue weighted by molar-refractivity contribution is 5.78. The lowest BCUT2D eigenvalue weighted by Crippen LogP contribution is -2.43. The van der Waals surface area contributed by atoms with Crippen LogP contribution in [0.5, 0.6) is 0 Å². The van der Waals surface area contributed by atoms with E-state index >= 15 is 0 Å². The fourth-order valence-electron chi connectivity index (χ4n) is 2.83. The molecule has 1 aromatic carbocycles. The average molecular weight is 294 g/mol. The largest absolute Gasteiger partial charge is 0.395 e. The minimum absolute atomic E-state index is 0.0559. The molecular formula is C16H23FN2O2. The van der Waals surface area contributed by atoms with Crippen molar-refractivity contribution in [1.82, 2.24) is 10.2 Å². The lowest BCUT2D eigenvalue weighted by atomic mass is 10.2. The molecule has 1 fully saturated rings. The van der Waals surface area contributed by atoms with Crippen molar-refractivity contribution in [3.8, 4) is 0 Å². The molecule has 2 rings (SSSR count). The van der Waals surface area contributed by atoms with E-state index in [-0.39, 0.29) is 18.3 Å². The maximum atomic E-state index is 12.8. The number of carbonyl (C=O) groups is 1. The Hall–Kier alpha value is -1.46. The number of aliphatic hydroxyl groups excluding tert-OH is 1. The number of halogens is 1. The van der Waals surface area contributed by atoms with E-state index in [0.717, 1.165) is 18.4 Å². The number of hydrogen-bond donors (Lipinski definition) is 2. The molecular weight excluding hydrogens is 271 g/mol. The molecule has 4 nitrogen and oxygen atoms in total. The van der Waals surface area contributed by atoms with Gasteiger partial charge in [-0.2, -0.15) is 0 Å². The topological polar surface area (TPSA) is 52.6 Å². The van der Waals surface area contributed by atoms with E-state index in [1.54, 1.807) is 12.1 Å². The van der Waals surface area contributed by atoms with Crippen LogP contribution in [0.25, 0.3) is 0 Å². The number of nitrogens with zero attached hydrogens (tertiary/aromatic N) is 1. The molecule has 0 unspecified atom stereocenters. The lowest BCUT2D eigenvalue weighted by molar-refractivity contribution is -0.123. The molecule has 116 valence electrons. The summed E-state index contributed by atoms with van der Waals surface area (Å²) in [6.45, 7) is 1.32. The van der Waals surface area contributed by atoms with Crippen LogP contribution in [0.4, 0.5) is 4.39 Å². The number of hydrogen-bond acceptors (Lipinski definition) is 3. The first-order valence-corrected chi connectivity index (χ1v) is 7.55. The molecule has 0 bridgehead atoms. The van der Waals surface area contributed by atoms with Crippen LogP contribution in [0.15, 0.2) is 24.3 Å². The number of nitrogens with one attached hydrogen (secondary N) is 1. The van der Waals surface area contributed by atoms with Gasteiger partial charge in [0.05, 0.1) is 13.2 Å². The van der Waals surface area contributed by atoms with Gasteiger partial charge in [0.15, 0.2) is 0 Å². The molecule has 1 saturated carbocycles. The molecule has 0 aromatic heterocycles. The predicted octanol–water partition coefficient (Wildman–Crippen LogP) is 1.68. The zero-order valence-corrected chi connectivity index (χ0v) is 12.2. The molecule has 0 radical (unpaired) electrons. The van der Waals surface area contributed by atoms with Crippen LogP contribution < -0.4 is 5.32 Å². The summed E-state index contributed by atoms with van der Waals surface area (Å²) in [7, 11) is 0. The molecule has 21 heavy (non-hydrogen) atoms. The Morgan fingerprint density at radius 1 is 1.29 bits per heavy atom.